The summed E-state index contributed by atoms with van der Waals surface area (Å²) in [7, 11) is 0. The molecule has 2 aromatic heterocycles. The van der Waals surface area contributed by atoms with Crippen molar-refractivity contribution in [2.24, 2.45) is 5.41 Å². The molecule has 1 atom stereocenters. The van der Waals surface area contributed by atoms with Crippen LogP contribution in [0.2, 0.25) is 0 Å². The van der Waals surface area contributed by atoms with Gasteiger partial charge in [0.25, 0.3) is 0 Å². The first-order chi connectivity index (χ1) is 9.50. The topological polar surface area (TPSA) is 42.7 Å². The highest BCUT2D eigenvalue weighted by atomic mass is 15.2. The summed E-state index contributed by atoms with van der Waals surface area (Å²) in [5.74, 6) is 1.16. The van der Waals surface area contributed by atoms with Crippen molar-refractivity contribution in [2.45, 2.75) is 52.6 Å². The van der Waals surface area contributed by atoms with Crippen molar-refractivity contribution in [1.82, 2.24) is 19.9 Å². The Balaban J connectivity index is 2.17. The van der Waals surface area contributed by atoms with Gasteiger partial charge in [0, 0.05) is 12.2 Å². The first kappa shape index (κ1) is 13.6. The highest BCUT2D eigenvalue weighted by Gasteiger charge is 2.36. The summed E-state index contributed by atoms with van der Waals surface area (Å²) in [5.41, 5.74) is 2.42. The van der Waals surface area contributed by atoms with E-state index in [0.29, 0.717) is 12.1 Å². The summed E-state index contributed by atoms with van der Waals surface area (Å²) in [6.07, 6.45) is 6.21. The van der Waals surface area contributed by atoms with E-state index in [4.69, 9.17) is 4.98 Å². The standard InChI is InChI=1S/C16H24N4/c1-11(2)20-13-6-9-17-10-12(13)19-15(20)14-16(3,4)7-5-8-18-14/h6,9-11,14,18H,5,7-8H2,1-4H3. The number of imidazole rings is 1. The lowest BCUT2D eigenvalue weighted by Gasteiger charge is -2.39. The van der Waals surface area contributed by atoms with E-state index >= 15 is 0 Å². The summed E-state index contributed by atoms with van der Waals surface area (Å²) in [6.45, 7) is 10.2. The number of fused-ring (bicyclic) bond motifs is 1. The minimum absolute atomic E-state index is 0.236. The summed E-state index contributed by atoms with van der Waals surface area (Å²) in [5, 5.41) is 3.68. The maximum atomic E-state index is 4.89. The van der Waals surface area contributed by atoms with Crippen molar-refractivity contribution in [3.8, 4) is 0 Å². The van der Waals surface area contributed by atoms with Crippen LogP contribution in [0.3, 0.4) is 0 Å². The maximum absolute atomic E-state index is 4.89. The first-order valence-corrected chi connectivity index (χ1v) is 7.56. The fourth-order valence-electron chi connectivity index (χ4n) is 3.37. The third-order valence-corrected chi connectivity index (χ3v) is 4.42. The molecule has 2 aromatic rings. The van der Waals surface area contributed by atoms with Crippen LogP contribution in [0, 0.1) is 5.41 Å². The van der Waals surface area contributed by atoms with Crippen LogP contribution >= 0.6 is 0 Å². The fraction of sp³-hybridized carbons (Fsp3) is 0.625. The zero-order valence-corrected chi connectivity index (χ0v) is 12.8. The predicted molar refractivity (Wildman–Crippen MR) is 81.7 cm³/mol. The van der Waals surface area contributed by atoms with Gasteiger partial charge in [0.1, 0.15) is 11.3 Å². The van der Waals surface area contributed by atoms with Crippen molar-refractivity contribution < 1.29 is 0 Å². The van der Waals surface area contributed by atoms with Gasteiger partial charge in [-0.3, -0.25) is 4.98 Å². The van der Waals surface area contributed by atoms with Gasteiger partial charge < -0.3 is 9.88 Å². The quantitative estimate of drug-likeness (QED) is 0.910. The molecule has 0 bridgehead atoms. The zero-order chi connectivity index (χ0) is 14.3. The van der Waals surface area contributed by atoms with Crippen LogP contribution in [-0.4, -0.2) is 21.1 Å². The second-order valence-electron chi connectivity index (χ2n) is 6.78. The van der Waals surface area contributed by atoms with E-state index in [0.717, 1.165) is 17.9 Å². The van der Waals surface area contributed by atoms with Crippen LogP contribution in [-0.2, 0) is 0 Å². The number of nitrogens with one attached hydrogen (secondary N) is 1. The minimum Gasteiger partial charge on any atom is -0.324 e. The highest BCUT2D eigenvalue weighted by Crippen LogP contribution is 2.41. The average Bonchev–Trinajstić information content (AvgIpc) is 2.76. The van der Waals surface area contributed by atoms with Crippen molar-refractivity contribution in [2.75, 3.05) is 6.54 Å². The number of rotatable bonds is 2. The molecule has 1 saturated heterocycles. The Kier molecular flexibility index (Phi) is 3.28. The van der Waals surface area contributed by atoms with E-state index in [1.54, 1.807) is 0 Å². The van der Waals surface area contributed by atoms with Gasteiger partial charge in [-0.25, -0.2) is 4.98 Å². The Bertz CT molecular complexity index is 612. The number of pyridine rings is 1. The van der Waals surface area contributed by atoms with E-state index in [1.807, 2.05) is 12.4 Å². The Morgan fingerprint density at radius 1 is 1.40 bits per heavy atom. The number of aromatic nitrogens is 3. The molecular formula is C16H24N4. The Morgan fingerprint density at radius 2 is 2.20 bits per heavy atom. The number of nitrogens with zero attached hydrogens (tertiary/aromatic N) is 3. The largest absolute Gasteiger partial charge is 0.324 e. The summed E-state index contributed by atoms with van der Waals surface area (Å²) in [6, 6.07) is 2.78. The summed E-state index contributed by atoms with van der Waals surface area (Å²) in [4.78, 5) is 9.10. The van der Waals surface area contributed by atoms with Crippen LogP contribution in [0.25, 0.3) is 11.0 Å². The van der Waals surface area contributed by atoms with Gasteiger partial charge in [0.05, 0.1) is 17.8 Å². The van der Waals surface area contributed by atoms with Crippen LogP contribution in [0.5, 0.6) is 0 Å². The smallest absolute Gasteiger partial charge is 0.127 e. The molecule has 3 heterocycles. The molecule has 1 unspecified atom stereocenters. The normalized spacial score (nSPS) is 22.6. The SMILES string of the molecule is CC(C)n1c(C2NCCCC2(C)C)nc2cnccc21. The van der Waals surface area contributed by atoms with E-state index in [9.17, 15) is 0 Å². The van der Waals surface area contributed by atoms with E-state index in [2.05, 4.69) is 48.6 Å². The molecule has 1 fully saturated rings. The molecule has 1 aliphatic heterocycles. The average molecular weight is 272 g/mol. The molecule has 0 saturated carbocycles. The van der Waals surface area contributed by atoms with E-state index < -0.39 is 0 Å². The van der Waals surface area contributed by atoms with Crippen molar-refractivity contribution in [3.63, 3.8) is 0 Å². The van der Waals surface area contributed by atoms with Crippen molar-refractivity contribution in [1.29, 1.82) is 0 Å². The van der Waals surface area contributed by atoms with Gasteiger partial charge >= 0.3 is 0 Å². The molecule has 1 aliphatic rings. The molecular weight excluding hydrogens is 248 g/mol. The zero-order valence-electron chi connectivity index (χ0n) is 12.8. The molecule has 0 radical (unpaired) electrons. The fourth-order valence-corrected chi connectivity index (χ4v) is 3.37. The minimum atomic E-state index is 0.236. The Labute approximate surface area is 120 Å². The summed E-state index contributed by atoms with van der Waals surface area (Å²) >= 11 is 0. The van der Waals surface area contributed by atoms with Gasteiger partial charge in [-0.1, -0.05) is 13.8 Å². The molecule has 20 heavy (non-hydrogen) atoms. The van der Waals surface area contributed by atoms with Crippen LogP contribution in [0.15, 0.2) is 18.5 Å². The molecule has 0 aromatic carbocycles. The molecule has 108 valence electrons. The second kappa shape index (κ2) is 4.85. The van der Waals surface area contributed by atoms with Gasteiger partial charge in [-0.05, 0) is 44.7 Å². The van der Waals surface area contributed by atoms with Crippen LogP contribution in [0.4, 0.5) is 0 Å². The Hall–Kier alpha value is -1.42. The molecule has 0 aliphatic carbocycles. The predicted octanol–water partition coefficient (Wildman–Crippen LogP) is 3.46. The van der Waals surface area contributed by atoms with E-state index in [1.165, 1.54) is 18.4 Å². The summed E-state index contributed by atoms with van der Waals surface area (Å²) < 4.78 is 2.36. The van der Waals surface area contributed by atoms with Crippen LogP contribution in [0.1, 0.15) is 58.4 Å². The third-order valence-electron chi connectivity index (χ3n) is 4.42. The maximum Gasteiger partial charge on any atom is 0.127 e. The molecule has 0 amide bonds. The van der Waals surface area contributed by atoms with E-state index in [-0.39, 0.29) is 5.41 Å². The first-order valence-electron chi connectivity index (χ1n) is 7.56. The number of piperidine rings is 1. The Morgan fingerprint density at radius 3 is 2.90 bits per heavy atom. The van der Waals surface area contributed by atoms with Gasteiger partial charge in [-0.15, -0.1) is 0 Å². The van der Waals surface area contributed by atoms with Crippen LogP contribution < -0.4 is 5.32 Å². The molecule has 3 rings (SSSR count). The number of hydrogen-bond donors (Lipinski definition) is 1. The monoisotopic (exact) mass is 272 g/mol. The second-order valence-corrected chi connectivity index (χ2v) is 6.78. The molecule has 1 N–H and O–H groups in total. The lowest BCUT2D eigenvalue weighted by Crippen LogP contribution is -2.41. The van der Waals surface area contributed by atoms with Gasteiger partial charge in [0.15, 0.2) is 0 Å². The van der Waals surface area contributed by atoms with Crippen molar-refractivity contribution in [3.05, 3.63) is 24.3 Å². The van der Waals surface area contributed by atoms with Gasteiger partial charge in [0.2, 0.25) is 0 Å². The van der Waals surface area contributed by atoms with Crippen molar-refractivity contribution >= 4 is 11.0 Å². The molecule has 4 heteroatoms. The lowest BCUT2D eigenvalue weighted by atomic mass is 9.77. The highest BCUT2D eigenvalue weighted by molar-refractivity contribution is 5.75. The lowest BCUT2D eigenvalue weighted by molar-refractivity contribution is 0.169. The molecule has 4 nitrogen and oxygen atoms in total. The molecule has 0 spiro atoms. The van der Waals surface area contributed by atoms with Gasteiger partial charge in [-0.2, -0.15) is 0 Å². The number of hydrogen-bond acceptors (Lipinski definition) is 3. The third kappa shape index (κ3) is 2.12.